The number of nitrogens with one attached hydrogen (secondary N) is 1. The first-order valence-corrected chi connectivity index (χ1v) is 9.98. The van der Waals surface area contributed by atoms with E-state index in [1.165, 1.54) is 11.1 Å². The van der Waals surface area contributed by atoms with Crippen molar-refractivity contribution in [1.29, 1.82) is 0 Å². The van der Waals surface area contributed by atoms with Crippen molar-refractivity contribution in [1.82, 2.24) is 10.2 Å². The minimum absolute atomic E-state index is 0.00876. The van der Waals surface area contributed by atoms with E-state index >= 15 is 0 Å². The average molecular weight is 372 g/mol. The first kappa shape index (κ1) is 17.4. The van der Waals surface area contributed by atoms with Crippen molar-refractivity contribution in [2.24, 2.45) is 0 Å². The zero-order valence-electron chi connectivity index (χ0n) is 16.1. The Morgan fingerprint density at radius 1 is 1.14 bits per heavy atom. The van der Waals surface area contributed by atoms with Crippen molar-refractivity contribution >= 4 is 11.4 Å². The van der Waals surface area contributed by atoms with Crippen LogP contribution in [-0.4, -0.2) is 36.9 Å². The number of fused-ring (bicyclic) bond motifs is 2. The lowest BCUT2D eigenvalue weighted by Gasteiger charge is -2.27. The van der Waals surface area contributed by atoms with Gasteiger partial charge in [-0.05, 0) is 47.8 Å². The van der Waals surface area contributed by atoms with Gasteiger partial charge in [0, 0.05) is 38.3 Å². The first-order valence-electron chi connectivity index (χ1n) is 9.98. The Balaban J connectivity index is 1.46. The summed E-state index contributed by atoms with van der Waals surface area (Å²) in [6, 6.07) is 12.5. The smallest absolute Gasteiger partial charge is 0.231 e. The Labute approximate surface area is 165 Å². The van der Waals surface area contributed by atoms with Crippen LogP contribution in [0.4, 0.5) is 0 Å². The van der Waals surface area contributed by atoms with Crippen LogP contribution >= 0.6 is 0 Å². The Hall–Kier alpha value is -2.69. The van der Waals surface area contributed by atoms with Crippen molar-refractivity contribution in [2.45, 2.75) is 19.9 Å². The molecule has 4 heteroatoms. The van der Waals surface area contributed by atoms with Gasteiger partial charge in [-0.15, -0.1) is 0 Å². The molecule has 4 nitrogen and oxygen atoms in total. The van der Waals surface area contributed by atoms with Crippen molar-refractivity contribution in [2.75, 3.05) is 26.2 Å². The molecule has 0 aromatic heterocycles. The quantitative estimate of drug-likeness (QED) is 0.838. The molecule has 2 aromatic carbocycles. The van der Waals surface area contributed by atoms with Gasteiger partial charge in [-0.25, -0.2) is 0 Å². The Morgan fingerprint density at radius 3 is 2.82 bits per heavy atom. The second-order valence-corrected chi connectivity index (χ2v) is 7.79. The molecule has 2 heterocycles. The number of hydrogen-bond donors (Lipinski definition) is 1. The van der Waals surface area contributed by atoms with Gasteiger partial charge in [0.25, 0.3) is 0 Å². The summed E-state index contributed by atoms with van der Waals surface area (Å²) in [5.41, 5.74) is 6.48. The summed E-state index contributed by atoms with van der Waals surface area (Å²) in [5.74, 6) is 1.17. The minimum atomic E-state index is -0.00876. The predicted molar refractivity (Wildman–Crippen MR) is 110 cm³/mol. The highest BCUT2D eigenvalue weighted by Crippen LogP contribution is 2.38. The highest BCUT2D eigenvalue weighted by Gasteiger charge is 2.31. The maximum Gasteiger partial charge on any atom is 0.231 e. The Kier molecular flexibility index (Phi) is 4.38. The van der Waals surface area contributed by atoms with Gasteiger partial charge in [0.15, 0.2) is 5.76 Å². The molecule has 1 saturated heterocycles. The monoisotopic (exact) mass is 372 g/mol. The van der Waals surface area contributed by atoms with E-state index in [2.05, 4.69) is 40.6 Å². The number of benzene rings is 2. The number of rotatable bonds is 3. The summed E-state index contributed by atoms with van der Waals surface area (Å²) in [6.07, 6.45) is 4.99. The highest BCUT2D eigenvalue weighted by atomic mass is 16.5. The molecule has 0 spiro atoms. The summed E-state index contributed by atoms with van der Waals surface area (Å²) in [4.78, 5) is 15.5. The molecular formula is C24H24N2O2. The SMILES string of the molecule is Cc1cc(CN2CCNCC2)c2c(c1)C(=O)/C(=C/C1=CCc3ccccc31)O2. The average Bonchev–Trinajstić information content (AvgIpc) is 3.25. The normalized spacial score (nSPS) is 20.1. The maximum absolute atomic E-state index is 13.0. The van der Waals surface area contributed by atoms with Gasteiger partial charge in [0.1, 0.15) is 5.75 Å². The molecule has 0 radical (unpaired) electrons. The van der Waals surface area contributed by atoms with Crippen molar-refractivity contribution in [3.8, 4) is 5.75 Å². The summed E-state index contributed by atoms with van der Waals surface area (Å²) < 4.78 is 6.15. The van der Waals surface area contributed by atoms with Crippen LogP contribution in [0.25, 0.3) is 5.57 Å². The lowest BCUT2D eigenvalue weighted by atomic mass is 10.0. The molecule has 142 valence electrons. The molecule has 0 bridgehead atoms. The number of Topliss-reactive ketones (excluding diaryl/α,β-unsaturated/α-hetero) is 1. The molecule has 5 rings (SSSR count). The minimum Gasteiger partial charge on any atom is -0.452 e. The van der Waals surface area contributed by atoms with Crippen LogP contribution in [0.3, 0.4) is 0 Å². The molecule has 0 amide bonds. The van der Waals surface area contributed by atoms with E-state index in [0.29, 0.717) is 11.3 Å². The summed E-state index contributed by atoms with van der Waals surface area (Å²) in [5, 5.41) is 3.38. The fourth-order valence-electron chi connectivity index (χ4n) is 4.34. The fraction of sp³-hybridized carbons (Fsp3) is 0.292. The van der Waals surface area contributed by atoms with Crippen LogP contribution in [0.1, 0.15) is 32.6 Å². The lowest BCUT2D eigenvalue weighted by Crippen LogP contribution is -2.42. The molecule has 0 saturated carbocycles. The molecule has 1 aliphatic carbocycles. The predicted octanol–water partition coefficient (Wildman–Crippen LogP) is 3.50. The van der Waals surface area contributed by atoms with Gasteiger partial charge < -0.3 is 10.1 Å². The van der Waals surface area contributed by atoms with Crippen molar-refractivity contribution in [3.63, 3.8) is 0 Å². The number of allylic oxidation sites excluding steroid dienone is 4. The summed E-state index contributed by atoms with van der Waals surface area (Å²) in [7, 11) is 0. The van der Waals surface area contributed by atoms with Gasteiger partial charge >= 0.3 is 0 Å². The zero-order chi connectivity index (χ0) is 19.1. The highest BCUT2D eigenvalue weighted by molar-refractivity contribution is 6.13. The number of nitrogens with zero attached hydrogens (tertiary/aromatic N) is 1. The third-order valence-electron chi connectivity index (χ3n) is 5.75. The number of carbonyl (C=O) groups is 1. The second kappa shape index (κ2) is 7.04. The van der Waals surface area contributed by atoms with Gasteiger partial charge in [-0.1, -0.05) is 36.4 Å². The molecule has 2 aliphatic heterocycles. The van der Waals surface area contributed by atoms with E-state index < -0.39 is 0 Å². The van der Waals surface area contributed by atoms with Crippen molar-refractivity contribution in [3.05, 3.63) is 82.1 Å². The number of ketones is 1. The molecule has 1 fully saturated rings. The van der Waals surface area contributed by atoms with Gasteiger partial charge in [0.05, 0.1) is 5.56 Å². The lowest BCUT2D eigenvalue weighted by molar-refractivity contribution is 0.101. The van der Waals surface area contributed by atoms with Gasteiger partial charge in [-0.3, -0.25) is 9.69 Å². The molecule has 28 heavy (non-hydrogen) atoms. The van der Waals surface area contributed by atoms with E-state index in [1.807, 2.05) is 25.1 Å². The van der Waals surface area contributed by atoms with E-state index in [4.69, 9.17) is 4.74 Å². The largest absolute Gasteiger partial charge is 0.452 e. The van der Waals surface area contributed by atoms with Crippen LogP contribution in [0.2, 0.25) is 0 Å². The summed E-state index contributed by atoms with van der Waals surface area (Å²) in [6.45, 7) is 6.91. The van der Waals surface area contributed by atoms with Crippen LogP contribution in [-0.2, 0) is 13.0 Å². The molecule has 3 aliphatic rings. The third-order valence-corrected chi connectivity index (χ3v) is 5.75. The third kappa shape index (κ3) is 3.09. The number of carbonyl (C=O) groups excluding carboxylic acids is 1. The van der Waals surface area contributed by atoms with Crippen LogP contribution in [0.15, 0.2) is 54.3 Å². The molecule has 0 atom stereocenters. The first-order chi connectivity index (χ1) is 13.7. The van der Waals surface area contributed by atoms with Crippen molar-refractivity contribution < 1.29 is 9.53 Å². The van der Waals surface area contributed by atoms with Gasteiger partial charge in [0.2, 0.25) is 5.78 Å². The topological polar surface area (TPSA) is 41.6 Å². The maximum atomic E-state index is 13.0. The molecule has 1 N–H and O–H groups in total. The fourth-order valence-corrected chi connectivity index (χ4v) is 4.34. The Morgan fingerprint density at radius 2 is 1.96 bits per heavy atom. The van der Waals surface area contributed by atoms with E-state index in [0.717, 1.165) is 61.6 Å². The number of piperazine rings is 1. The number of hydrogen-bond acceptors (Lipinski definition) is 4. The Bertz CT molecular complexity index is 1010. The zero-order valence-corrected chi connectivity index (χ0v) is 16.1. The summed E-state index contributed by atoms with van der Waals surface area (Å²) >= 11 is 0. The second-order valence-electron chi connectivity index (χ2n) is 7.79. The number of ether oxygens (including phenoxy) is 1. The van der Waals surface area contributed by atoms with Crippen LogP contribution < -0.4 is 10.1 Å². The van der Waals surface area contributed by atoms with Crippen LogP contribution in [0, 0.1) is 6.92 Å². The molecule has 2 aromatic rings. The van der Waals surface area contributed by atoms with E-state index in [1.54, 1.807) is 0 Å². The van der Waals surface area contributed by atoms with E-state index in [9.17, 15) is 4.79 Å². The van der Waals surface area contributed by atoms with Crippen LogP contribution in [0.5, 0.6) is 5.75 Å². The molecular weight excluding hydrogens is 348 g/mol. The standard InChI is InChI=1S/C24H24N2O2/c1-16-12-19(15-26-10-8-25-9-11-26)24-21(13-16)23(27)22(28-24)14-18-7-6-17-4-2-3-5-20(17)18/h2-5,7,12-14,25H,6,8-11,15H2,1H3/b22-14-. The van der Waals surface area contributed by atoms with E-state index in [-0.39, 0.29) is 5.78 Å². The molecule has 0 unspecified atom stereocenters. The van der Waals surface area contributed by atoms with Gasteiger partial charge in [-0.2, -0.15) is 0 Å². The number of aryl methyl sites for hydroxylation is 1.